The van der Waals surface area contributed by atoms with E-state index in [-0.39, 0.29) is 5.78 Å². The lowest BCUT2D eigenvalue weighted by Gasteiger charge is -2.53. The van der Waals surface area contributed by atoms with Crippen LogP contribution in [0, 0.1) is 28.6 Å². The highest BCUT2D eigenvalue weighted by atomic mass is 16.1. The van der Waals surface area contributed by atoms with E-state index in [0.29, 0.717) is 30.1 Å². The summed E-state index contributed by atoms with van der Waals surface area (Å²) in [5, 5.41) is 8.60. The standard InChI is InChI=1S/C15H23NO/c1-11(6-5-9-16)13-10-15(3,4)14(13)8-7-12(2)17/h13-14H,1,5-8,10H2,2-4H3/t13-,14-/m1/s1. The van der Waals surface area contributed by atoms with Crippen LogP contribution in [0.3, 0.4) is 0 Å². The van der Waals surface area contributed by atoms with Gasteiger partial charge in [0.1, 0.15) is 5.78 Å². The maximum absolute atomic E-state index is 11.1. The Kier molecular flexibility index (Phi) is 4.51. The second-order valence-corrected chi connectivity index (χ2v) is 5.96. The van der Waals surface area contributed by atoms with Gasteiger partial charge in [-0.2, -0.15) is 5.26 Å². The van der Waals surface area contributed by atoms with E-state index in [1.54, 1.807) is 6.92 Å². The summed E-state index contributed by atoms with van der Waals surface area (Å²) in [6, 6.07) is 2.17. The molecular formula is C15H23NO. The van der Waals surface area contributed by atoms with Gasteiger partial charge < -0.3 is 4.79 Å². The van der Waals surface area contributed by atoms with E-state index in [2.05, 4.69) is 26.5 Å². The number of hydrogen-bond donors (Lipinski definition) is 0. The smallest absolute Gasteiger partial charge is 0.129 e. The van der Waals surface area contributed by atoms with Crippen LogP contribution in [0.1, 0.15) is 52.9 Å². The SMILES string of the molecule is C=C(CCC#N)[C@H]1CC(C)(C)[C@@H]1CCC(C)=O. The van der Waals surface area contributed by atoms with Crippen molar-refractivity contribution in [1.82, 2.24) is 0 Å². The Morgan fingerprint density at radius 1 is 1.47 bits per heavy atom. The minimum absolute atomic E-state index is 0.272. The number of rotatable bonds is 6. The Hall–Kier alpha value is -1.10. The van der Waals surface area contributed by atoms with Crippen molar-refractivity contribution in [2.24, 2.45) is 17.3 Å². The zero-order chi connectivity index (χ0) is 13.1. The average molecular weight is 233 g/mol. The van der Waals surface area contributed by atoms with Crippen molar-refractivity contribution in [3.05, 3.63) is 12.2 Å². The summed E-state index contributed by atoms with van der Waals surface area (Å²) in [6.45, 7) is 10.3. The molecule has 1 fully saturated rings. The predicted octanol–water partition coefficient (Wildman–Crippen LogP) is 3.88. The van der Waals surface area contributed by atoms with Gasteiger partial charge in [-0.25, -0.2) is 0 Å². The number of Topliss-reactive ketones (excluding diaryl/α,β-unsaturated/α-hetero) is 1. The molecule has 0 aromatic carbocycles. The lowest BCUT2D eigenvalue weighted by Crippen LogP contribution is -2.44. The third kappa shape index (κ3) is 3.43. The van der Waals surface area contributed by atoms with Crippen LogP contribution in [-0.4, -0.2) is 5.78 Å². The van der Waals surface area contributed by atoms with E-state index in [0.717, 1.165) is 19.3 Å². The van der Waals surface area contributed by atoms with Crippen molar-refractivity contribution in [3.8, 4) is 6.07 Å². The van der Waals surface area contributed by atoms with Crippen LogP contribution in [0.4, 0.5) is 0 Å². The first kappa shape index (κ1) is 14.0. The highest BCUT2D eigenvalue weighted by Gasteiger charge is 2.47. The van der Waals surface area contributed by atoms with Crippen molar-refractivity contribution in [1.29, 1.82) is 5.26 Å². The molecule has 2 heteroatoms. The van der Waals surface area contributed by atoms with Crippen molar-refractivity contribution in [2.45, 2.75) is 52.9 Å². The van der Waals surface area contributed by atoms with Crippen molar-refractivity contribution >= 4 is 5.78 Å². The second-order valence-electron chi connectivity index (χ2n) is 5.96. The summed E-state index contributed by atoms with van der Waals surface area (Å²) in [5.74, 6) is 1.37. The van der Waals surface area contributed by atoms with Gasteiger partial charge in [0.05, 0.1) is 6.07 Å². The molecule has 1 rings (SSSR count). The average Bonchev–Trinajstić information content (AvgIpc) is 2.22. The van der Waals surface area contributed by atoms with Gasteiger partial charge in [0.15, 0.2) is 0 Å². The Balaban J connectivity index is 2.54. The van der Waals surface area contributed by atoms with E-state index in [4.69, 9.17) is 5.26 Å². The van der Waals surface area contributed by atoms with Crippen LogP contribution in [0.5, 0.6) is 0 Å². The molecule has 1 aliphatic rings. The first-order valence-corrected chi connectivity index (χ1v) is 6.42. The molecule has 0 heterocycles. The molecule has 0 amide bonds. The summed E-state index contributed by atoms with van der Waals surface area (Å²) in [7, 11) is 0. The minimum atomic E-state index is 0.272. The van der Waals surface area contributed by atoms with E-state index in [1.165, 1.54) is 5.57 Å². The Morgan fingerprint density at radius 2 is 2.12 bits per heavy atom. The summed E-state index contributed by atoms with van der Waals surface area (Å²) in [4.78, 5) is 11.1. The maximum Gasteiger partial charge on any atom is 0.129 e. The fourth-order valence-electron chi connectivity index (χ4n) is 3.03. The van der Waals surface area contributed by atoms with Crippen molar-refractivity contribution < 1.29 is 4.79 Å². The predicted molar refractivity (Wildman–Crippen MR) is 69.3 cm³/mol. The number of carbonyl (C=O) groups is 1. The molecular weight excluding hydrogens is 210 g/mol. The molecule has 17 heavy (non-hydrogen) atoms. The first-order chi connectivity index (χ1) is 7.88. The van der Waals surface area contributed by atoms with Gasteiger partial charge in [0.25, 0.3) is 0 Å². The normalized spacial score (nSPS) is 25.8. The van der Waals surface area contributed by atoms with Crippen LogP contribution in [0.15, 0.2) is 12.2 Å². The van der Waals surface area contributed by atoms with Crippen LogP contribution in [0.2, 0.25) is 0 Å². The monoisotopic (exact) mass is 233 g/mol. The zero-order valence-corrected chi connectivity index (χ0v) is 11.3. The van der Waals surface area contributed by atoms with Gasteiger partial charge in [-0.1, -0.05) is 26.0 Å². The van der Waals surface area contributed by atoms with Gasteiger partial charge in [-0.15, -0.1) is 0 Å². The largest absolute Gasteiger partial charge is 0.300 e. The zero-order valence-electron chi connectivity index (χ0n) is 11.3. The van der Waals surface area contributed by atoms with Crippen LogP contribution >= 0.6 is 0 Å². The number of hydrogen-bond acceptors (Lipinski definition) is 2. The topological polar surface area (TPSA) is 40.9 Å². The molecule has 1 saturated carbocycles. The lowest BCUT2D eigenvalue weighted by atomic mass is 9.52. The van der Waals surface area contributed by atoms with Crippen LogP contribution < -0.4 is 0 Å². The van der Waals surface area contributed by atoms with Crippen LogP contribution in [-0.2, 0) is 4.79 Å². The summed E-state index contributed by atoms with van der Waals surface area (Å²) >= 11 is 0. The fraction of sp³-hybridized carbons (Fsp3) is 0.733. The Labute approximate surface area is 105 Å². The Morgan fingerprint density at radius 3 is 2.59 bits per heavy atom. The van der Waals surface area contributed by atoms with Gasteiger partial charge >= 0.3 is 0 Å². The van der Waals surface area contributed by atoms with Gasteiger partial charge in [-0.05, 0) is 43.4 Å². The number of nitriles is 1. The molecule has 0 radical (unpaired) electrons. The molecule has 0 spiro atoms. The molecule has 0 saturated heterocycles. The third-order valence-electron chi connectivity index (χ3n) is 4.13. The third-order valence-corrected chi connectivity index (χ3v) is 4.13. The number of allylic oxidation sites excluding steroid dienone is 1. The lowest BCUT2D eigenvalue weighted by molar-refractivity contribution is -0.118. The fourth-order valence-corrected chi connectivity index (χ4v) is 3.03. The van der Waals surface area contributed by atoms with Crippen molar-refractivity contribution in [2.75, 3.05) is 0 Å². The number of carbonyl (C=O) groups excluding carboxylic acids is 1. The van der Waals surface area contributed by atoms with E-state index in [9.17, 15) is 4.79 Å². The molecule has 0 aromatic rings. The first-order valence-electron chi connectivity index (χ1n) is 6.42. The Bertz CT molecular complexity index is 348. The summed E-state index contributed by atoms with van der Waals surface area (Å²) in [5.41, 5.74) is 1.54. The minimum Gasteiger partial charge on any atom is -0.300 e. The van der Waals surface area contributed by atoms with Crippen LogP contribution in [0.25, 0.3) is 0 Å². The van der Waals surface area contributed by atoms with E-state index < -0.39 is 0 Å². The molecule has 0 aliphatic heterocycles. The molecule has 0 unspecified atom stereocenters. The highest BCUT2D eigenvalue weighted by Crippen LogP contribution is 2.55. The second kappa shape index (κ2) is 5.49. The molecule has 0 bridgehead atoms. The van der Waals surface area contributed by atoms with E-state index >= 15 is 0 Å². The summed E-state index contributed by atoms with van der Waals surface area (Å²) < 4.78 is 0. The number of nitrogens with zero attached hydrogens (tertiary/aromatic N) is 1. The van der Waals surface area contributed by atoms with Crippen molar-refractivity contribution in [3.63, 3.8) is 0 Å². The van der Waals surface area contributed by atoms with Gasteiger partial charge in [-0.3, -0.25) is 0 Å². The summed E-state index contributed by atoms with van der Waals surface area (Å²) in [6.07, 6.45) is 4.18. The molecule has 2 nitrogen and oxygen atoms in total. The maximum atomic E-state index is 11.1. The molecule has 0 N–H and O–H groups in total. The van der Waals surface area contributed by atoms with Gasteiger partial charge in [0.2, 0.25) is 0 Å². The molecule has 94 valence electrons. The van der Waals surface area contributed by atoms with E-state index in [1.807, 2.05) is 0 Å². The molecule has 1 aliphatic carbocycles. The quantitative estimate of drug-likeness (QED) is 0.653. The van der Waals surface area contributed by atoms with Gasteiger partial charge in [0, 0.05) is 12.8 Å². The number of ketones is 1. The molecule has 2 atom stereocenters. The highest BCUT2D eigenvalue weighted by molar-refractivity contribution is 5.75. The molecule has 0 aromatic heterocycles.